The van der Waals surface area contributed by atoms with E-state index in [-0.39, 0.29) is 111 Å². The second-order valence-corrected chi connectivity index (χ2v) is 34.9. The van der Waals surface area contributed by atoms with Gasteiger partial charge in [0, 0.05) is 38.1 Å². The Kier molecular flexibility index (Phi) is 21.3. The number of benzene rings is 2. The van der Waals surface area contributed by atoms with Crippen molar-refractivity contribution in [2.24, 2.45) is 91.7 Å². The molecule has 20 heteroatoms. The van der Waals surface area contributed by atoms with Crippen LogP contribution >= 0.6 is 0 Å². The zero-order chi connectivity index (χ0) is 73.0. The van der Waals surface area contributed by atoms with Gasteiger partial charge in [0.2, 0.25) is 12.2 Å². The summed E-state index contributed by atoms with van der Waals surface area (Å²) in [5, 5.41) is 3.15. The number of rotatable bonds is 17. The first-order valence-electron chi connectivity index (χ1n) is 37.9. The number of esters is 3. The number of carbonyl (C=O) groups is 5. The summed E-state index contributed by atoms with van der Waals surface area (Å²) in [6.07, 6.45) is 0.135. The minimum atomic E-state index is -1.29. The van der Waals surface area contributed by atoms with Crippen molar-refractivity contribution in [1.29, 1.82) is 0 Å². The van der Waals surface area contributed by atoms with Crippen molar-refractivity contribution in [3.63, 3.8) is 0 Å². The van der Waals surface area contributed by atoms with Crippen LogP contribution in [0.15, 0.2) is 60.2 Å². The Bertz CT molecular complexity index is 3380. The average Bonchev–Trinajstić information content (AvgIpc) is 1.07. The number of nitrogens with one attached hydrogen (secondary N) is 1. The largest absolute Gasteiger partial charge is 0.457 e. The monoisotopic (exact) mass is 1410 g/mol. The molecule has 1 N–H and O–H groups in total. The van der Waals surface area contributed by atoms with Crippen LogP contribution in [0.25, 0.3) is 0 Å². The summed E-state index contributed by atoms with van der Waals surface area (Å²) >= 11 is 0. The predicted molar refractivity (Wildman–Crippen MR) is 371 cm³/mol. The topological polar surface area (TPSA) is 217 Å². The van der Waals surface area contributed by atoms with E-state index in [1.165, 1.54) is 37.8 Å². The van der Waals surface area contributed by atoms with Gasteiger partial charge in [0.15, 0.2) is 43.0 Å². The number of allylic oxidation sites excluding steroid dienone is 2. The summed E-state index contributed by atoms with van der Waals surface area (Å²) in [7, 11) is 0. The van der Waals surface area contributed by atoms with Gasteiger partial charge < -0.3 is 71.7 Å². The maximum Gasteiger partial charge on any atom is 0.315 e. The van der Waals surface area contributed by atoms with Gasteiger partial charge in [0.1, 0.15) is 35.8 Å². The Morgan fingerprint density at radius 1 is 0.614 bits per heavy atom. The average molecular weight is 1410 g/mol. The molecule has 29 atom stereocenters. The predicted octanol–water partition coefficient (Wildman–Crippen LogP) is 14.0. The number of ether oxygens (including phenoxy) is 13. The van der Waals surface area contributed by atoms with Crippen molar-refractivity contribution in [3.05, 3.63) is 71.6 Å². The molecule has 0 spiro atoms. The van der Waals surface area contributed by atoms with E-state index in [1.54, 1.807) is 24.3 Å². The van der Waals surface area contributed by atoms with Gasteiger partial charge in [-0.3, -0.25) is 19.2 Å². The summed E-state index contributed by atoms with van der Waals surface area (Å²) in [5.74, 6) is -1.94. The molecule has 4 saturated carbocycles. The first kappa shape index (κ1) is 75.8. The molecule has 101 heavy (non-hydrogen) atoms. The second-order valence-electron chi connectivity index (χ2n) is 34.9. The molecule has 12 rings (SSSR count). The number of amides is 1. The highest BCUT2D eigenvalue weighted by molar-refractivity contribution is 5.80. The summed E-state index contributed by atoms with van der Waals surface area (Å²) in [6, 6.07) is 13.1. The highest BCUT2D eigenvalue weighted by atomic mass is 19.1. The zero-order valence-electron chi connectivity index (χ0n) is 63.3. The highest BCUT2D eigenvalue weighted by Crippen LogP contribution is 2.77. The number of hydrogen-bond acceptors (Lipinski definition) is 18. The normalized spacial score (nSPS) is 45.2. The van der Waals surface area contributed by atoms with Crippen LogP contribution < -0.4 is 10.1 Å². The summed E-state index contributed by atoms with van der Waals surface area (Å²) in [6.45, 7) is 39.9. The lowest BCUT2D eigenvalue weighted by molar-refractivity contribution is -0.361. The van der Waals surface area contributed by atoms with E-state index in [2.05, 4.69) is 80.6 Å². The van der Waals surface area contributed by atoms with Crippen molar-refractivity contribution >= 4 is 30.1 Å². The van der Waals surface area contributed by atoms with Crippen LogP contribution in [0.4, 0.5) is 4.39 Å². The Balaban J connectivity index is 0.757. The van der Waals surface area contributed by atoms with Crippen LogP contribution in [-0.4, -0.2) is 135 Å². The first-order valence-corrected chi connectivity index (χ1v) is 37.9. The molecule has 5 heterocycles. The molecule has 9 fully saturated rings. The van der Waals surface area contributed by atoms with Gasteiger partial charge in [-0.1, -0.05) is 114 Å². The summed E-state index contributed by atoms with van der Waals surface area (Å²) in [5.41, 5.74) is -0.379. The van der Waals surface area contributed by atoms with Gasteiger partial charge in [-0.15, -0.1) is 0 Å². The maximum absolute atomic E-state index is 16.3. The van der Waals surface area contributed by atoms with E-state index < -0.39 is 108 Å². The quantitative estimate of drug-likeness (QED) is 0.0512. The van der Waals surface area contributed by atoms with Gasteiger partial charge in [-0.25, -0.2) is 4.39 Å². The fourth-order valence-electron chi connectivity index (χ4n) is 21.3. The van der Waals surface area contributed by atoms with E-state index >= 15 is 4.79 Å². The highest BCUT2D eigenvalue weighted by Gasteiger charge is 2.72. The van der Waals surface area contributed by atoms with Gasteiger partial charge in [0.05, 0.1) is 54.4 Å². The molecule has 10 aliphatic rings. The molecule has 12 unspecified atom stereocenters. The standard InChI is InChI=1S/C81H116FNO18/c1-42-40-89-71(65(44(42)3)92-51(10)85)97-64-48(7)66(93-52(11)86)72(90-49(64)8)98-69-68-67(100-76(14,15)101-68)50(9)91-73(69)99-74(88)81-35-34-75(12,13)38-58(81)57-28-29-61-77(16)32-31-62(78(17,41-84)60(77)30-33-79(61,18)80(57,19)37-43(81)2)96-70-47(6)45(4)46(5)59(95-70)39-83-63(87)36-53-20-24-55(25-21-53)94-56-26-22-54(82)23-27-56/h20-28,41-50,58-62,64-73H,29-40H2,1-19H3,(H,83,87)/t42-,43?,44+,45+,46+,47?,48?,49?,50?,58?,59?,60-,61?,62+,64-,65?,66+,67+,68+,69?,70+,71+,72+,73+,77?,78?,79-,80-,81+/m1/s1. The number of hydrogen-bond donors (Lipinski definition) is 1. The minimum absolute atomic E-state index is 0.0303. The molecule has 1 amide bonds. The molecule has 0 radical (unpaired) electrons. The second kappa shape index (κ2) is 28.4. The lowest BCUT2D eigenvalue weighted by Gasteiger charge is -2.72. The van der Waals surface area contributed by atoms with Crippen LogP contribution in [0.1, 0.15) is 195 Å². The third-order valence-corrected chi connectivity index (χ3v) is 27.8. The van der Waals surface area contributed by atoms with Crippen molar-refractivity contribution in [2.45, 2.75) is 288 Å². The van der Waals surface area contributed by atoms with Crippen molar-refractivity contribution in [2.75, 3.05) is 13.2 Å². The fraction of sp³-hybridized carbons (Fsp3) is 0.765. The first-order chi connectivity index (χ1) is 47.5. The van der Waals surface area contributed by atoms with Gasteiger partial charge >= 0.3 is 17.9 Å². The number of fused-ring (bicyclic) bond motifs is 8. The Labute approximate surface area is 598 Å². The van der Waals surface area contributed by atoms with Crippen LogP contribution in [0.3, 0.4) is 0 Å². The molecule has 2 aromatic rings. The molecule has 5 aliphatic heterocycles. The van der Waals surface area contributed by atoms with Crippen molar-refractivity contribution in [1.82, 2.24) is 5.32 Å². The molecule has 2 aromatic carbocycles. The lowest BCUT2D eigenvalue weighted by Crippen LogP contribution is -2.67. The molecular weight excluding hydrogens is 1290 g/mol. The van der Waals surface area contributed by atoms with Gasteiger partial charge in [-0.2, -0.15) is 0 Å². The van der Waals surface area contributed by atoms with Gasteiger partial charge in [0.25, 0.3) is 0 Å². The van der Waals surface area contributed by atoms with Crippen LogP contribution in [0, 0.1) is 97.5 Å². The minimum Gasteiger partial charge on any atom is -0.457 e. The maximum atomic E-state index is 16.3. The van der Waals surface area contributed by atoms with E-state index in [4.69, 9.17) is 61.6 Å². The van der Waals surface area contributed by atoms with Crippen molar-refractivity contribution < 1.29 is 89.9 Å². The number of halogens is 1. The van der Waals surface area contributed by atoms with E-state index in [0.29, 0.717) is 37.5 Å². The number of carbonyl (C=O) groups excluding carboxylic acids is 5. The summed E-state index contributed by atoms with van der Waals surface area (Å²) in [4.78, 5) is 69.5. The van der Waals surface area contributed by atoms with E-state index in [0.717, 1.165) is 50.5 Å². The number of aldehydes is 1. The molecular formula is C81H116FNO18. The molecule has 0 aromatic heterocycles. The molecule has 19 nitrogen and oxygen atoms in total. The van der Waals surface area contributed by atoms with Crippen LogP contribution in [0.5, 0.6) is 11.5 Å². The molecule has 0 bridgehead atoms. The van der Waals surface area contributed by atoms with Gasteiger partial charge in [-0.05, 0) is 191 Å². The lowest BCUT2D eigenvalue weighted by atomic mass is 9.32. The third kappa shape index (κ3) is 13.9. The fourth-order valence-corrected chi connectivity index (χ4v) is 21.3. The SMILES string of the molecule is CC(=O)OC1[C@H](O[C@H]2C(C)O[C@@H](OC3[C@H](OC(=O)[C@]45CCC(C)(C)CC4C4=CCC6C7(C)CC[C@H](O[C@@H]8OC(CNC(=O)Cc9ccc(Oc%10ccc(F)cc%10)cc9)[C@@H](C)[C@H](C)C8C)C(C)(C=O)[C@@H]7CC[C@@]6(C)[C@]4(C)CC5C)OC(C)[C@@H]4OC(C)(C)O[C@H]34)[C@@H](OC(C)=O)C2C)OC[C@@H](C)[C@@H]1C. The van der Waals surface area contributed by atoms with Crippen LogP contribution in [0.2, 0.25) is 0 Å². The summed E-state index contributed by atoms with van der Waals surface area (Å²) < 4.78 is 99.3. The van der Waals surface area contributed by atoms with Crippen LogP contribution in [-0.2, 0) is 87.2 Å². The Morgan fingerprint density at radius 3 is 1.91 bits per heavy atom. The van der Waals surface area contributed by atoms with E-state index in [1.807, 2.05) is 60.6 Å². The molecule has 5 saturated heterocycles. The smallest absolute Gasteiger partial charge is 0.315 e. The molecule has 5 aliphatic carbocycles. The molecule has 560 valence electrons. The zero-order valence-corrected chi connectivity index (χ0v) is 63.3. The Hall–Kier alpha value is -4.90. The Morgan fingerprint density at radius 2 is 1.25 bits per heavy atom. The van der Waals surface area contributed by atoms with E-state index in [9.17, 15) is 23.6 Å². The third-order valence-electron chi connectivity index (χ3n) is 27.8. The van der Waals surface area contributed by atoms with Crippen molar-refractivity contribution in [3.8, 4) is 11.5 Å².